The van der Waals surface area contributed by atoms with Crippen molar-refractivity contribution in [1.29, 1.82) is 0 Å². The predicted molar refractivity (Wildman–Crippen MR) is 99.3 cm³/mol. The van der Waals surface area contributed by atoms with Crippen molar-refractivity contribution >= 4 is 40.7 Å². The van der Waals surface area contributed by atoms with E-state index in [0.717, 1.165) is 0 Å². The zero-order chi connectivity index (χ0) is 18.1. The summed E-state index contributed by atoms with van der Waals surface area (Å²) in [5.41, 5.74) is 0.690. The Bertz CT molecular complexity index is 724. The SMILES string of the molecule is O=C(CCCOc1ccc(Cl)cc1Cl)NCC(=O)Nc1ccccc1. The molecule has 0 aliphatic heterocycles. The van der Waals surface area contributed by atoms with E-state index in [-0.39, 0.29) is 24.8 Å². The molecule has 7 heteroatoms. The topological polar surface area (TPSA) is 67.4 Å². The highest BCUT2D eigenvalue weighted by molar-refractivity contribution is 6.35. The number of nitrogens with one attached hydrogen (secondary N) is 2. The number of hydrogen-bond donors (Lipinski definition) is 2. The summed E-state index contributed by atoms with van der Waals surface area (Å²) in [5.74, 6) is 0.0338. The molecular formula is C18H18Cl2N2O3. The summed E-state index contributed by atoms with van der Waals surface area (Å²) in [6, 6.07) is 14.0. The van der Waals surface area contributed by atoms with Gasteiger partial charge in [-0.1, -0.05) is 41.4 Å². The third-order valence-corrected chi connectivity index (χ3v) is 3.73. The third-order valence-electron chi connectivity index (χ3n) is 3.20. The van der Waals surface area contributed by atoms with E-state index >= 15 is 0 Å². The van der Waals surface area contributed by atoms with Gasteiger partial charge in [0.05, 0.1) is 18.2 Å². The molecule has 0 saturated carbocycles. The molecule has 0 fully saturated rings. The van der Waals surface area contributed by atoms with Crippen molar-refractivity contribution in [3.8, 4) is 5.75 Å². The average Bonchev–Trinajstić information content (AvgIpc) is 2.59. The van der Waals surface area contributed by atoms with Gasteiger partial charge >= 0.3 is 0 Å². The second-order valence-electron chi connectivity index (χ2n) is 5.22. The fourth-order valence-corrected chi connectivity index (χ4v) is 2.46. The first-order chi connectivity index (χ1) is 12.0. The van der Waals surface area contributed by atoms with Gasteiger partial charge in [-0.05, 0) is 36.8 Å². The predicted octanol–water partition coefficient (Wildman–Crippen LogP) is 3.91. The largest absolute Gasteiger partial charge is 0.492 e. The van der Waals surface area contributed by atoms with E-state index in [9.17, 15) is 9.59 Å². The Morgan fingerprint density at radius 2 is 1.76 bits per heavy atom. The lowest BCUT2D eigenvalue weighted by Crippen LogP contribution is -2.32. The molecule has 0 radical (unpaired) electrons. The van der Waals surface area contributed by atoms with Crippen LogP contribution in [0.25, 0.3) is 0 Å². The summed E-state index contributed by atoms with van der Waals surface area (Å²) in [4.78, 5) is 23.5. The van der Waals surface area contributed by atoms with Crippen LogP contribution >= 0.6 is 23.2 Å². The molecule has 0 aliphatic carbocycles. The van der Waals surface area contributed by atoms with E-state index in [1.165, 1.54) is 0 Å². The van der Waals surface area contributed by atoms with Crippen LogP contribution in [0.15, 0.2) is 48.5 Å². The van der Waals surface area contributed by atoms with Gasteiger partial charge in [0.1, 0.15) is 5.75 Å². The van der Waals surface area contributed by atoms with Crippen LogP contribution in [0.4, 0.5) is 5.69 Å². The number of carbonyl (C=O) groups excluding carboxylic acids is 2. The van der Waals surface area contributed by atoms with Crippen LogP contribution in [0.1, 0.15) is 12.8 Å². The molecule has 0 spiro atoms. The fraction of sp³-hybridized carbons (Fsp3) is 0.222. The van der Waals surface area contributed by atoms with Gasteiger partial charge in [-0.15, -0.1) is 0 Å². The van der Waals surface area contributed by atoms with Crippen LogP contribution in [0.5, 0.6) is 5.75 Å². The van der Waals surface area contributed by atoms with E-state index in [2.05, 4.69) is 10.6 Å². The highest BCUT2D eigenvalue weighted by atomic mass is 35.5. The van der Waals surface area contributed by atoms with Crippen molar-refractivity contribution in [3.63, 3.8) is 0 Å². The third kappa shape index (κ3) is 7.03. The number of rotatable bonds is 8. The lowest BCUT2D eigenvalue weighted by Gasteiger charge is -2.09. The highest BCUT2D eigenvalue weighted by Gasteiger charge is 2.07. The zero-order valence-electron chi connectivity index (χ0n) is 13.4. The fourth-order valence-electron chi connectivity index (χ4n) is 2.00. The van der Waals surface area contributed by atoms with Crippen molar-refractivity contribution in [2.24, 2.45) is 0 Å². The van der Waals surface area contributed by atoms with Gasteiger partial charge in [0.15, 0.2) is 0 Å². The quantitative estimate of drug-likeness (QED) is 0.682. The number of hydrogen-bond acceptors (Lipinski definition) is 3. The molecule has 2 rings (SSSR count). The van der Waals surface area contributed by atoms with Gasteiger partial charge in [0.2, 0.25) is 11.8 Å². The van der Waals surface area contributed by atoms with Crippen molar-refractivity contribution in [3.05, 3.63) is 58.6 Å². The Balaban J connectivity index is 1.61. The van der Waals surface area contributed by atoms with Crippen LogP contribution in [-0.2, 0) is 9.59 Å². The number of carbonyl (C=O) groups is 2. The molecule has 0 unspecified atom stereocenters. The molecule has 0 aliphatic rings. The van der Waals surface area contributed by atoms with Crippen molar-refractivity contribution in [2.75, 3.05) is 18.5 Å². The lowest BCUT2D eigenvalue weighted by molar-refractivity contribution is -0.124. The van der Waals surface area contributed by atoms with Gasteiger partial charge in [-0.2, -0.15) is 0 Å². The van der Waals surface area contributed by atoms with E-state index in [1.54, 1.807) is 30.3 Å². The summed E-state index contributed by atoms with van der Waals surface area (Å²) >= 11 is 11.8. The highest BCUT2D eigenvalue weighted by Crippen LogP contribution is 2.27. The van der Waals surface area contributed by atoms with E-state index in [0.29, 0.717) is 34.5 Å². The molecule has 5 nitrogen and oxygen atoms in total. The summed E-state index contributed by atoms with van der Waals surface area (Å²) in [5, 5.41) is 6.22. The minimum absolute atomic E-state index is 0.0718. The van der Waals surface area contributed by atoms with Crippen LogP contribution in [0, 0.1) is 0 Å². The van der Waals surface area contributed by atoms with E-state index < -0.39 is 0 Å². The van der Waals surface area contributed by atoms with Gasteiger partial charge in [0.25, 0.3) is 0 Å². The molecule has 2 N–H and O–H groups in total. The molecule has 2 aromatic rings. The first kappa shape index (κ1) is 19.1. The van der Waals surface area contributed by atoms with Crippen molar-refractivity contribution < 1.29 is 14.3 Å². The van der Waals surface area contributed by atoms with Gasteiger partial charge in [0, 0.05) is 17.1 Å². The van der Waals surface area contributed by atoms with Crippen LogP contribution in [-0.4, -0.2) is 25.0 Å². The molecule has 0 saturated heterocycles. The standard InChI is InChI=1S/C18H18Cl2N2O3/c19-13-8-9-16(15(20)11-13)25-10-4-7-17(23)21-12-18(24)22-14-5-2-1-3-6-14/h1-3,5-6,8-9,11H,4,7,10,12H2,(H,21,23)(H,22,24). The maximum Gasteiger partial charge on any atom is 0.243 e. The van der Waals surface area contributed by atoms with Crippen LogP contribution < -0.4 is 15.4 Å². The Hall–Kier alpha value is -2.24. The summed E-state index contributed by atoms with van der Waals surface area (Å²) in [6.07, 6.45) is 0.759. The number of benzene rings is 2. The minimum atomic E-state index is -0.274. The van der Waals surface area contributed by atoms with E-state index in [4.69, 9.17) is 27.9 Å². The normalized spacial score (nSPS) is 10.2. The number of amides is 2. The lowest BCUT2D eigenvalue weighted by atomic mass is 10.3. The number of halogens is 2. The van der Waals surface area contributed by atoms with E-state index in [1.807, 2.05) is 18.2 Å². The average molecular weight is 381 g/mol. The number of anilines is 1. The molecule has 0 aromatic heterocycles. The first-order valence-corrected chi connectivity index (χ1v) is 8.49. The number of para-hydroxylation sites is 1. The smallest absolute Gasteiger partial charge is 0.243 e. The zero-order valence-corrected chi connectivity index (χ0v) is 14.9. The minimum Gasteiger partial charge on any atom is -0.492 e. The molecule has 0 heterocycles. The Morgan fingerprint density at radius 3 is 2.48 bits per heavy atom. The Kier molecular flexibility index (Phi) is 7.57. The molecule has 0 bridgehead atoms. The second-order valence-corrected chi connectivity index (χ2v) is 6.06. The molecule has 2 amide bonds. The molecule has 0 atom stereocenters. The molecule has 2 aromatic carbocycles. The summed E-state index contributed by atoms with van der Waals surface area (Å²) < 4.78 is 5.50. The maximum absolute atomic E-state index is 11.7. The summed E-state index contributed by atoms with van der Waals surface area (Å²) in [7, 11) is 0. The van der Waals surface area contributed by atoms with Crippen molar-refractivity contribution in [2.45, 2.75) is 12.8 Å². The van der Waals surface area contributed by atoms with Gasteiger partial charge in [-0.25, -0.2) is 0 Å². The van der Waals surface area contributed by atoms with Crippen LogP contribution in [0.2, 0.25) is 10.0 Å². The molecule has 25 heavy (non-hydrogen) atoms. The monoisotopic (exact) mass is 380 g/mol. The first-order valence-electron chi connectivity index (χ1n) is 7.74. The molecule has 132 valence electrons. The van der Waals surface area contributed by atoms with Crippen LogP contribution in [0.3, 0.4) is 0 Å². The summed E-state index contributed by atoms with van der Waals surface area (Å²) in [6.45, 7) is 0.266. The van der Waals surface area contributed by atoms with Gasteiger partial charge in [-0.3, -0.25) is 9.59 Å². The van der Waals surface area contributed by atoms with Gasteiger partial charge < -0.3 is 15.4 Å². The van der Waals surface area contributed by atoms with Crippen molar-refractivity contribution in [1.82, 2.24) is 5.32 Å². The Labute approximate surface area is 156 Å². The second kappa shape index (κ2) is 9.91. The molecular weight excluding hydrogens is 363 g/mol. The number of ether oxygens (including phenoxy) is 1. The Morgan fingerprint density at radius 1 is 1.00 bits per heavy atom. The maximum atomic E-state index is 11.7.